The molecule has 0 rings (SSSR count). The monoisotopic (exact) mass is 365 g/mol. The standard InChI is InChI=1S/C25H51N/c1-4-7-9-11-13-15-17-19-22-25(21-6-3)24-26-23-20-18-16-14-12-10-8-5-2/h24-25H,4-23H2,1-3H3. The summed E-state index contributed by atoms with van der Waals surface area (Å²) in [5.74, 6) is 0.745. The summed E-state index contributed by atoms with van der Waals surface area (Å²) < 4.78 is 0. The number of unbranched alkanes of at least 4 members (excludes halogenated alkanes) is 14. The van der Waals surface area contributed by atoms with Crippen LogP contribution in [0.25, 0.3) is 0 Å². The smallest absolute Gasteiger partial charge is 0.0385 e. The third-order valence-electron chi connectivity index (χ3n) is 5.54. The molecule has 0 aromatic carbocycles. The molecule has 1 atom stereocenters. The number of hydrogen-bond donors (Lipinski definition) is 0. The zero-order chi connectivity index (χ0) is 19.1. The summed E-state index contributed by atoms with van der Waals surface area (Å²) in [7, 11) is 0. The van der Waals surface area contributed by atoms with Crippen molar-refractivity contribution in [3.63, 3.8) is 0 Å². The Morgan fingerprint density at radius 3 is 1.46 bits per heavy atom. The highest BCUT2D eigenvalue weighted by atomic mass is 14.7. The topological polar surface area (TPSA) is 12.4 Å². The van der Waals surface area contributed by atoms with Crippen LogP contribution < -0.4 is 0 Å². The average Bonchev–Trinajstić information content (AvgIpc) is 2.65. The molecule has 0 N–H and O–H groups in total. The average molecular weight is 366 g/mol. The fourth-order valence-corrected chi connectivity index (χ4v) is 3.77. The Hall–Kier alpha value is -0.330. The molecule has 0 radical (unpaired) electrons. The van der Waals surface area contributed by atoms with Gasteiger partial charge in [-0.3, -0.25) is 4.99 Å². The second-order valence-electron chi connectivity index (χ2n) is 8.34. The summed E-state index contributed by atoms with van der Waals surface area (Å²) in [5, 5.41) is 0. The maximum Gasteiger partial charge on any atom is 0.0385 e. The zero-order valence-electron chi connectivity index (χ0n) is 18.7. The van der Waals surface area contributed by atoms with Crippen molar-refractivity contribution >= 4 is 6.21 Å². The van der Waals surface area contributed by atoms with Crippen LogP contribution >= 0.6 is 0 Å². The predicted octanol–water partition coefficient (Wildman–Crippen LogP) is 9.15. The number of hydrogen-bond acceptors (Lipinski definition) is 1. The lowest BCUT2D eigenvalue weighted by molar-refractivity contribution is 0.509. The van der Waals surface area contributed by atoms with Gasteiger partial charge in [-0.05, 0) is 25.2 Å². The van der Waals surface area contributed by atoms with E-state index in [1.807, 2.05) is 0 Å². The van der Waals surface area contributed by atoms with Gasteiger partial charge in [0.2, 0.25) is 0 Å². The molecule has 0 fully saturated rings. The first kappa shape index (κ1) is 25.7. The van der Waals surface area contributed by atoms with E-state index in [0.717, 1.165) is 12.5 Å². The van der Waals surface area contributed by atoms with E-state index in [9.17, 15) is 0 Å². The molecule has 0 bridgehead atoms. The first-order chi connectivity index (χ1) is 12.8. The van der Waals surface area contributed by atoms with Gasteiger partial charge in [0, 0.05) is 12.8 Å². The van der Waals surface area contributed by atoms with E-state index in [4.69, 9.17) is 4.99 Å². The van der Waals surface area contributed by atoms with E-state index in [1.165, 1.54) is 122 Å². The van der Waals surface area contributed by atoms with Gasteiger partial charge in [-0.25, -0.2) is 0 Å². The Kier molecular flexibility index (Phi) is 22.4. The summed E-state index contributed by atoms with van der Waals surface area (Å²) in [6.45, 7) is 7.96. The summed E-state index contributed by atoms with van der Waals surface area (Å²) in [4.78, 5) is 4.76. The lowest BCUT2D eigenvalue weighted by Crippen LogP contribution is -2.02. The van der Waals surface area contributed by atoms with E-state index < -0.39 is 0 Å². The molecule has 0 aliphatic rings. The van der Waals surface area contributed by atoms with E-state index in [2.05, 4.69) is 27.0 Å². The van der Waals surface area contributed by atoms with Gasteiger partial charge < -0.3 is 0 Å². The lowest BCUT2D eigenvalue weighted by atomic mass is 9.97. The van der Waals surface area contributed by atoms with Gasteiger partial charge in [-0.15, -0.1) is 0 Å². The molecule has 0 aromatic heterocycles. The third-order valence-corrected chi connectivity index (χ3v) is 5.54. The summed E-state index contributed by atoms with van der Waals surface area (Å²) in [6.07, 6.45) is 28.9. The van der Waals surface area contributed by atoms with Crippen molar-refractivity contribution in [3.05, 3.63) is 0 Å². The van der Waals surface area contributed by atoms with Gasteiger partial charge >= 0.3 is 0 Å². The van der Waals surface area contributed by atoms with Crippen LogP contribution in [0.2, 0.25) is 0 Å². The van der Waals surface area contributed by atoms with Crippen molar-refractivity contribution in [1.82, 2.24) is 0 Å². The predicted molar refractivity (Wildman–Crippen MR) is 122 cm³/mol. The van der Waals surface area contributed by atoms with E-state index >= 15 is 0 Å². The van der Waals surface area contributed by atoms with Gasteiger partial charge in [-0.1, -0.05) is 124 Å². The van der Waals surface area contributed by atoms with Gasteiger partial charge in [0.15, 0.2) is 0 Å². The second-order valence-corrected chi connectivity index (χ2v) is 8.34. The minimum Gasteiger partial charge on any atom is -0.297 e. The van der Waals surface area contributed by atoms with Gasteiger partial charge in [0.05, 0.1) is 0 Å². The maximum atomic E-state index is 4.76. The number of aliphatic imine (C=N–C) groups is 1. The molecule has 26 heavy (non-hydrogen) atoms. The van der Waals surface area contributed by atoms with Crippen molar-refractivity contribution < 1.29 is 0 Å². The molecular formula is C25H51N. The number of rotatable bonds is 21. The highest BCUT2D eigenvalue weighted by Gasteiger charge is 2.04. The lowest BCUT2D eigenvalue weighted by Gasteiger charge is -2.10. The SMILES string of the molecule is CCCCCCCCCCN=CC(CCC)CCCCCCCCCC. The molecule has 0 saturated carbocycles. The van der Waals surface area contributed by atoms with Gasteiger partial charge in [-0.2, -0.15) is 0 Å². The van der Waals surface area contributed by atoms with Gasteiger partial charge in [0.1, 0.15) is 0 Å². The molecular weight excluding hydrogens is 314 g/mol. The quantitative estimate of drug-likeness (QED) is 0.142. The molecule has 0 heterocycles. The highest BCUT2D eigenvalue weighted by molar-refractivity contribution is 5.60. The molecule has 0 aliphatic heterocycles. The minimum atomic E-state index is 0.745. The van der Waals surface area contributed by atoms with Crippen LogP contribution in [0.1, 0.15) is 143 Å². The molecule has 156 valence electrons. The zero-order valence-corrected chi connectivity index (χ0v) is 18.7. The fourth-order valence-electron chi connectivity index (χ4n) is 3.77. The number of nitrogens with zero attached hydrogens (tertiary/aromatic N) is 1. The highest BCUT2D eigenvalue weighted by Crippen LogP contribution is 2.16. The van der Waals surface area contributed by atoms with Crippen molar-refractivity contribution in [2.24, 2.45) is 10.9 Å². The van der Waals surface area contributed by atoms with Crippen molar-refractivity contribution in [2.75, 3.05) is 6.54 Å². The molecule has 1 unspecified atom stereocenters. The van der Waals surface area contributed by atoms with Crippen LogP contribution in [-0.4, -0.2) is 12.8 Å². The first-order valence-electron chi connectivity index (χ1n) is 12.3. The van der Waals surface area contributed by atoms with Crippen LogP contribution in [0.5, 0.6) is 0 Å². The van der Waals surface area contributed by atoms with Crippen LogP contribution in [0.15, 0.2) is 4.99 Å². The molecule has 0 amide bonds. The molecule has 0 saturated heterocycles. The van der Waals surface area contributed by atoms with Crippen molar-refractivity contribution in [2.45, 2.75) is 143 Å². The van der Waals surface area contributed by atoms with Crippen LogP contribution in [0, 0.1) is 5.92 Å². The maximum absolute atomic E-state index is 4.76. The Bertz CT molecular complexity index is 271. The Balaban J connectivity index is 3.54. The molecule has 0 aromatic rings. The fraction of sp³-hybridized carbons (Fsp3) is 0.960. The van der Waals surface area contributed by atoms with Gasteiger partial charge in [0.25, 0.3) is 0 Å². The summed E-state index contributed by atoms with van der Waals surface area (Å²) in [5.41, 5.74) is 0. The Morgan fingerprint density at radius 1 is 0.500 bits per heavy atom. The molecule has 0 aliphatic carbocycles. The Labute approximate surface area is 166 Å². The summed E-state index contributed by atoms with van der Waals surface area (Å²) >= 11 is 0. The van der Waals surface area contributed by atoms with E-state index in [1.54, 1.807) is 0 Å². The largest absolute Gasteiger partial charge is 0.297 e. The molecule has 1 heteroatoms. The van der Waals surface area contributed by atoms with Crippen LogP contribution in [-0.2, 0) is 0 Å². The van der Waals surface area contributed by atoms with Crippen molar-refractivity contribution in [3.8, 4) is 0 Å². The van der Waals surface area contributed by atoms with Crippen molar-refractivity contribution in [1.29, 1.82) is 0 Å². The molecule has 0 spiro atoms. The third kappa shape index (κ3) is 20.0. The molecule has 1 nitrogen and oxygen atoms in total. The summed E-state index contributed by atoms with van der Waals surface area (Å²) in [6, 6.07) is 0. The first-order valence-corrected chi connectivity index (χ1v) is 12.3. The van der Waals surface area contributed by atoms with Crippen LogP contribution in [0.3, 0.4) is 0 Å². The Morgan fingerprint density at radius 2 is 0.962 bits per heavy atom. The minimum absolute atomic E-state index is 0.745. The van der Waals surface area contributed by atoms with E-state index in [0.29, 0.717) is 0 Å². The van der Waals surface area contributed by atoms with Crippen LogP contribution in [0.4, 0.5) is 0 Å². The second kappa shape index (κ2) is 22.7. The normalized spacial score (nSPS) is 12.9. The van der Waals surface area contributed by atoms with E-state index in [-0.39, 0.29) is 0 Å².